The number of thioether (sulfide) groups is 1. The van der Waals surface area contributed by atoms with Gasteiger partial charge in [0, 0.05) is 19.0 Å². The standard InChI is InChI=1S/C21H23N3O2S/c1-2-24-18-9-5-4-8-17(18)23-21(24)27-14-20(25)22-12-15-11-16-7-3-6-10-19(16)26-13-15/h3-10,15H,2,11-14H2,1H3,(H,22,25). The molecule has 140 valence electrons. The summed E-state index contributed by atoms with van der Waals surface area (Å²) in [5.74, 6) is 1.68. The van der Waals surface area contributed by atoms with Crippen molar-refractivity contribution in [1.82, 2.24) is 14.9 Å². The van der Waals surface area contributed by atoms with E-state index in [0.717, 1.165) is 34.9 Å². The average molecular weight is 382 g/mol. The minimum atomic E-state index is 0.0357. The Labute approximate surface area is 163 Å². The number of aryl methyl sites for hydroxylation is 1. The number of nitrogens with zero attached hydrogens (tertiary/aromatic N) is 2. The summed E-state index contributed by atoms with van der Waals surface area (Å²) in [5.41, 5.74) is 3.30. The van der Waals surface area contributed by atoms with Crippen molar-refractivity contribution in [2.45, 2.75) is 25.0 Å². The molecule has 5 nitrogen and oxygen atoms in total. The van der Waals surface area contributed by atoms with E-state index in [1.165, 1.54) is 17.3 Å². The van der Waals surface area contributed by atoms with E-state index >= 15 is 0 Å². The predicted molar refractivity (Wildman–Crippen MR) is 108 cm³/mol. The molecule has 2 heterocycles. The van der Waals surface area contributed by atoms with Crippen molar-refractivity contribution in [1.29, 1.82) is 0 Å². The number of benzene rings is 2. The Morgan fingerprint density at radius 1 is 1.26 bits per heavy atom. The fraction of sp³-hybridized carbons (Fsp3) is 0.333. The van der Waals surface area contributed by atoms with Crippen molar-refractivity contribution in [3.8, 4) is 5.75 Å². The first kappa shape index (κ1) is 17.9. The lowest BCUT2D eigenvalue weighted by Crippen LogP contribution is -2.35. The van der Waals surface area contributed by atoms with Crippen molar-refractivity contribution < 1.29 is 9.53 Å². The van der Waals surface area contributed by atoms with Gasteiger partial charge in [-0.25, -0.2) is 4.98 Å². The lowest BCUT2D eigenvalue weighted by molar-refractivity contribution is -0.118. The molecule has 0 radical (unpaired) electrons. The molecule has 27 heavy (non-hydrogen) atoms. The van der Waals surface area contributed by atoms with Crippen molar-refractivity contribution in [2.24, 2.45) is 5.92 Å². The van der Waals surface area contributed by atoms with E-state index < -0.39 is 0 Å². The second-order valence-corrected chi connectivity index (χ2v) is 7.65. The van der Waals surface area contributed by atoms with Crippen LogP contribution in [0.4, 0.5) is 0 Å². The van der Waals surface area contributed by atoms with E-state index in [1.54, 1.807) is 0 Å². The molecule has 1 aliphatic heterocycles. The largest absolute Gasteiger partial charge is 0.493 e. The van der Waals surface area contributed by atoms with Crippen LogP contribution in [0.1, 0.15) is 12.5 Å². The number of carbonyl (C=O) groups is 1. The quantitative estimate of drug-likeness (QED) is 0.664. The fourth-order valence-corrected chi connectivity index (χ4v) is 4.34. The van der Waals surface area contributed by atoms with E-state index in [2.05, 4.69) is 33.9 Å². The number of hydrogen-bond donors (Lipinski definition) is 1. The predicted octanol–water partition coefficient (Wildman–Crippen LogP) is 3.52. The molecule has 0 fully saturated rings. The minimum Gasteiger partial charge on any atom is -0.493 e. The van der Waals surface area contributed by atoms with Crippen LogP contribution in [0, 0.1) is 5.92 Å². The molecule has 0 spiro atoms. The highest BCUT2D eigenvalue weighted by molar-refractivity contribution is 7.99. The molecule has 0 aliphatic carbocycles. The molecule has 6 heteroatoms. The van der Waals surface area contributed by atoms with Gasteiger partial charge in [-0.3, -0.25) is 4.79 Å². The number of hydrogen-bond acceptors (Lipinski definition) is 4. The summed E-state index contributed by atoms with van der Waals surface area (Å²) in [6.45, 7) is 4.22. The molecule has 0 bridgehead atoms. The molecular formula is C21H23N3O2S. The van der Waals surface area contributed by atoms with Crippen molar-refractivity contribution in [2.75, 3.05) is 18.9 Å². The van der Waals surface area contributed by atoms with Gasteiger partial charge < -0.3 is 14.6 Å². The van der Waals surface area contributed by atoms with Gasteiger partial charge >= 0.3 is 0 Å². The van der Waals surface area contributed by atoms with Crippen LogP contribution in [0.25, 0.3) is 11.0 Å². The molecule has 1 amide bonds. The zero-order valence-electron chi connectivity index (χ0n) is 15.4. The molecular weight excluding hydrogens is 358 g/mol. The van der Waals surface area contributed by atoms with Gasteiger partial charge in [0.25, 0.3) is 0 Å². The van der Waals surface area contributed by atoms with Crippen LogP contribution >= 0.6 is 11.8 Å². The third kappa shape index (κ3) is 3.95. The van der Waals surface area contributed by atoms with Gasteiger partial charge in [-0.2, -0.15) is 0 Å². The summed E-state index contributed by atoms with van der Waals surface area (Å²) in [6, 6.07) is 16.2. The maximum Gasteiger partial charge on any atom is 0.230 e. The van der Waals surface area contributed by atoms with Crippen LogP contribution in [-0.2, 0) is 17.8 Å². The third-order valence-electron chi connectivity index (χ3n) is 4.81. The van der Waals surface area contributed by atoms with Crippen LogP contribution in [0.15, 0.2) is 53.7 Å². The molecule has 1 atom stereocenters. The van der Waals surface area contributed by atoms with Crippen LogP contribution in [-0.4, -0.2) is 34.4 Å². The average Bonchev–Trinajstić information content (AvgIpc) is 3.08. The Hall–Kier alpha value is -2.47. The van der Waals surface area contributed by atoms with Gasteiger partial charge in [-0.15, -0.1) is 0 Å². The van der Waals surface area contributed by atoms with E-state index in [-0.39, 0.29) is 5.91 Å². The molecule has 0 saturated heterocycles. The van der Waals surface area contributed by atoms with Gasteiger partial charge in [0.05, 0.1) is 23.4 Å². The molecule has 0 saturated carbocycles. The van der Waals surface area contributed by atoms with E-state index in [0.29, 0.717) is 24.8 Å². The fourth-order valence-electron chi connectivity index (χ4n) is 3.43. The SMILES string of the molecule is CCn1c(SCC(=O)NCC2COc3ccccc3C2)nc2ccccc21. The van der Waals surface area contributed by atoms with Crippen LogP contribution in [0.5, 0.6) is 5.75 Å². The molecule has 1 aromatic heterocycles. The second kappa shape index (κ2) is 8.05. The Morgan fingerprint density at radius 3 is 2.96 bits per heavy atom. The van der Waals surface area contributed by atoms with Gasteiger partial charge in [-0.05, 0) is 37.1 Å². The Balaban J connectivity index is 1.31. The highest BCUT2D eigenvalue weighted by Gasteiger charge is 2.20. The van der Waals surface area contributed by atoms with Crippen LogP contribution in [0.3, 0.4) is 0 Å². The maximum atomic E-state index is 12.3. The number of rotatable bonds is 6. The monoisotopic (exact) mass is 381 g/mol. The van der Waals surface area contributed by atoms with Gasteiger partial charge in [-0.1, -0.05) is 42.1 Å². The van der Waals surface area contributed by atoms with Gasteiger partial charge in [0.15, 0.2) is 5.16 Å². The van der Waals surface area contributed by atoms with E-state index in [4.69, 9.17) is 4.74 Å². The molecule has 1 unspecified atom stereocenters. The first-order chi connectivity index (χ1) is 13.2. The van der Waals surface area contributed by atoms with Crippen molar-refractivity contribution in [3.63, 3.8) is 0 Å². The number of amides is 1. The van der Waals surface area contributed by atoms with Crippen molar-refractivity contribution in [3.05, 3.63) is 54.1 Å². The molecule has 3 aromatic rings. The molecule has 1 N–H and O–H groups in total. The zero-order valence-corrected chi connectivity index (χ0v) is 16.2. The number of nitrogens with one attached hydrogen (secondary N) is 1. The van der Waals surface area contributed by atoms with Crippen LogP contribution < -0.4 is 10.1 Å². The smallest absolute Gasteiger partial charge is 0.230 e. The summed E-state index contributed by atoms with van der Waals surface area (Å²) in [7, 11) is 0. The second-order valence-electron chi connectivity index (χ2n) is 6.71. The number of aromatic nitrogens is 2. The highest BCUT2D eigenvalue weighted by atomic mass is 32.2. The van der Waals surface area contributed by atoms with Crippen molar-refractivity contribution >= 4 is 28.7 Å². The topological polar surface area (TPSA) is 56.2 Å². The van der Waals surface area contributed by atoms with Crippen LogP contribution in [0.2, 0.25) is 0 Å². The summed E-state index contributed by atoms with van der Waals surface area (Å²) >= 11 is 1.49. The molecule has 1 aliphatic rings. The molecule has 4 rings (SSSR count). The summed E-state index contributed by atoms with van der Waals surface area (Å²) in [6.07, 6.45) is 0.940. The lowest BCUT2D eigenvalue weighted by Gasteiger charge is -2.25. The maximum absolute atomic E-state index is 12.3. The Morgan fingerprint density at radius 2 is 2.07 bits per heavy atom. The number of carbonyl (C=O) groups excluding carboxylic acids is 1. The Kier molecular flexibility index (Phi) is 5.34. The number of fused-ring (bicyclic) bond motifs is 2. The number of para-hydroxylation sites is 3. The van der Waals surface area contributed by atoms with E-state index in [1.807, 2.05) is 36.4 Å². The Bertz CT molecular complexity index is 954. The number of imidazole rings is 1. The minimum absolute atomic E-state index is 0.0357. The van der Waals surface area contributed by atoms with Gasteiger partial charge in [0.1, 0.15) is 5.75 Å². The lowest BCUT2D eigenvalue weighted by atomic mass is 9.97. The highest BCUT2D eigenvalue weighted by Crippen LogP contribution is 2.27. The number of ether oxygens (including phenoxy) is 1. The summed E-state index contributed by atoms with van der Waals surface area (Å²) in [5, 5.41) is 3.94. The first-order valence-electron chi connectivity index (χ1n) is 9.30. The zero-order chi connectivity index (χ0) is 18.6. The first-order valence-corrected chi connectivity index (χ1v) is 10.3. The van der Waals surface area contributed by atoms with Gasteiger partial charge in [0.2, 0.25) is 5.91 Å². The third-order valence-corrected chi connectivity index (χ3v) is 5.79. The molecule has 2 aromatic carbocycles. The summed E-state index contributed by atoms with van der Waals surface area (Å²) < 4.78 is 7.94. The normalized spacial score (nSPS) is 16.0. The van der Waals surface area contributed by atoms with E-state index in [9.17, 15) is 4.79 Å². The summed E-state index contributed by atoms with van der Waals surface area (Å²) in [4.78, 5) is 17.0.